The molecule has 0 radical (unpaired) electrons. The van der Waals surface area contributed by atoms with Crippen molar-refractivity contribution in [3.8, 4) is 11.4 Å². The first-order chi connectivity index (χ1) is 10.1. The van der Waals surface area contributed by atoms with Crippen LogP contribution in [0.3, 0.4) is 0 Å². The van der Waals surface area contributed by atoms with Crippen LogP contribution in [-0.2, 0) is 6.54 Å². The van der Waals surface area contributed by atoms with Crippen molar-refractivity contribution < 1.29 is 8.78 Å². The third-order valence-corrected chi connectivity index (χ3v) is 3.39. The summed E-state index contributed by atoms with van der Waals surface area (Å²) in [5.41, 5.74) is 1.36. The largest absolute Gasteiger partial charge is 0.327 e. The second-order valence-electron chi connectivity index (χ2n) is 4.55. The van der Waals surface area contributed by atoms with Crippen LogP contribution in [0, 0.1) is 11.6 Å². The van der Waals surface area contributed by atoms with Gasteiger partial charge in [-0.3, -0.25) is 4.98 Å². The predicted octanol–water partition coefficient (Wildman–Crippen LogP) is 4.03. The van der Waals surface area contributed by atoms with Gasteiger partial charge in [-0.15, -0.1) is 0 Å². The quantitative estimate of drug-likeness (QED) is 0.714. The number of pyridine rings is 1. The number of rotatable bonds is 3. The number of hydrogen-bond donors (Lipinski definition) is 0. The van der Waals surface area contributed by atoms with Crippen LogP contribution < -0.4 is 0 Å². The molecule has 1 aromatic carbocycles. The monoisotopic (exact) mass is 349 g/mol. The lowest BCUT2D eigenvalue weighted by molar-refractivity contribution is 0.577. The van der Waals surface area contributed by atoms with Crippen molar-refractivity contribution in [3.05, 3.63) is 70.7 Å². The highest BCUT2D eigenvalue weighted by molar-refractivity contribution is 9.10. The minimum absolute atomic E-state index is 0.330. The van der Waals surface area contributed by atoms with Gasteiger partial charge in [-0.05, 0) is 39.7 Å². The molecule has 0 aliphatic heterocycles. The third-order valence-electron chi connectivity index (χ3n) is 2.95. The van der Waals surface area contributed by atoms with Crippen LogP contribution in [0.4, 0.5) is 8.78 Å². The molecule has 3 aromatic rings. The summed E-state index contributed by atoms with van der Waals surface area (Å²) < 4.78 is 29.2. The minimum atomic E-state index is -0.587. The normalized spacial score (nSPS) is 10.8. The van der Waals surface area contributed by atoms with Crippen molar-refractivity contribution in [1.82, 2.24) is 14.5 Å². The Bertz CT molecular complexity index is 766. The number of halogens is 3. The molecule has 0 spiro atoms. The molecule has 6 heteroatoms. The Labute approximate surface area is 128 Å². The molecule has 0 aliphatic carbocycles. The maximum absolute atomic E-state index is 13.3. The van der Waals surface area contributed by atoms with E-state index in [1.54, 1.807) is 24.8 Å². The summed E-state index contributed by atoms with van der Waals surface area (Å²) in [5, 5.41) is 0. The summed E-state index contributed by atoms with van der Waals surface area (Å²) in [6.07, 6.45) is 6.78. The minimum Gasteiger partial charge on any atom is -0.327 e. The first-order valence-electron chi connectivity index (χ1n) is 6.19. The van der Waals surface area contributed by atoms with Crippen molar-refractivity contribution >= 4 is 15.9 Å². The fraction of sp³-hybridized carbons (Fsp3) is 0.0667. The van der Waals surface area contributed by atoms with Crippen LogP contribution in [-0.4, -0.2) is 14.5 Å². The molecule has 21 heavy (non-hydrogen) atoms. The smallest absolute Gasteiger partial charge is 0.141 e. The third kappa shape index (κ3) is 3.16. The standard InChI is InChI=1S/C15H10BrF2N3/c16-12-5-11(7-19-8-12)15-20-1-2-21(15)9-10-3-13(17)6-14(18)4-10/h1-8H,9H2. The molecule has 2 heterocycles. The van der Waals surface area contributed by atoms with Crippen LogP contribution in [0.1, 0.15) is 5.56 Å². The van der Waals surface area contributed by atoms with Crippen molar-refractivity contribution in [2.45, 2.75) is 6.54 Å². The summed E-state index contributed by atoms with van der Waals surface area (Å²) in [7, 11) is 0. The Morgan fingerprint density at radius 2 is 1.81 bits per heavy atom. The molecule has 0 bridgehead atoms. The van der Waals surface area contributed by atoms with Gasteiger partial charge in [-0.1, -0.05) is 0 Å². The van der Waals surface area contributed by atoms with E-state index in [1.165, 1.54) is 12.1 Å². The summed E-state index contributed by atoms with van der Waals surface area (Å²) >= 11 is 3.36. The lowest BCUT2D eigenvalue weighted by atomic mass is 10.2. The second-order valence-corrected chi connectivity index (χ2v) is 5.46. The Morgan fingerprint density at radius 1 is 1.05 bits per heavy atom. The topological polar surface area (TPSA) is 30.7 Å². The van der Waals surface area contributed by atoms with Gasteiger partial charge in [0.1, 0.15) is 17.5 Å². The molecule has 0 atom stereocenters. The Morgan fingerprint density at radius 3 is 2.52 bits per heavy atom. The molecule has 2 aromatic heterocycles. The summed E-state index contributed by atoms with van der Waals surface area (Å²) in [6.45, 7) is 0.330. The summed E-state index contributed by atoms with van der Waals surface area (Å²) in [4.78, 5) is 8.38. The van der Waals surface area contributed by atoms with Gasteiger partial charge in [-0.2, -0.15) is 0 Å². The van der Waals surface area contributed by atoms with E-state index in [0.29, 0.717) is 17.9 Å². The molecule has 0 amide bonds. The molecule has 0 unspecified atom stereocenters. The first kappa shape index (κ1) is 13.9. The molecule has 0 aliphatic rings. The zero-order chi connectivity index (χ0) is 14.8. The molecule has 0 fully saturated rings. The van der Waals surface area contributed by atoms with Gasteiger partial charge in [0.05, 0.1) is 0 Å². The number of nitrogens with zero attached hydrogens (tertiary/aromatic N) is 3. The second kappa shape index (κ2) is 5.73. The summed E-state index contributed by atoms with van der Waals surface area (Å²) in [6, 6.07) is 5.37. The van der Waals surface area contributed by atoms with Crippen LogP contribution in [0.5, 0.6) is 0 Å². The van der Waals surface area contributed by atoms with Crippen molar-refractivity contribution in [2.24, 2.45) is 0 Å². The van der Waals surface area contributed by atoms with E-state index >= 15 is 0 Å². The van der Waals surface area contributed by atoms with Crippen LogP contribution in [0.2, 0.25) is 0 Å². The van der Waals surface area contributed by atoms with Gasteiger partial charge in [-0.25, -0.2) is 13.8 Å². The number of aromatic nitrogens is 3. The average molecular weight is 350 g/mol. The lowest BCUT2D eigenvalue weighted by Crippen LogP contribution is -2.02. The van der Waals surface area contributed by atoms with Crippen LogP contribution in [0.15, 0.2) is 53.5 Å². The maximum atomic E-state index is 13.3. The van der Waals surface area contributed by atoms with E-state index in [2.05, 4.69) is 25.9 Å². The zero-order valence-corrected chi connectivity index (χ0v) is 12.4. The maximum Gasteiger partial charge on any atom is 0.141 e. The fourth-order valence-corrected chi connectivity index (χ4v) is 2.50. The Kier molecular flexibility index (Phi) is 3.79. The van der Waals surface area contributed by atoms with E-state index in [1.807, 2.05) is 10.6 Å². The van der Waals surface area contributed by atoms with Gasteiger partial charge >= 0.3 is 0 Å². The van der Waals surface area contributed by atoms with E-state index < -0.39 is 11.6 Å². The van der Waals surface area contributed by atoms with Gasteiger partial charge in [0.25, 0.3) is 0 Å². The molecule has 3 nitrogen and oxygen atoms in total. The van der Waals surface area contributed by atoms with Gasteiger partial charge in [0, 0.05) is 47.4 Å². The molecular weight excluding hydrogens is 340 g/mol. The van der Waals surface area contributed by atoms with Crippen LogP contribution in [0.25, 0.3) is 11.4 Å². The van der Waals surface area contributed by atoms with Crippen molar-refractivity contribution in [3.63, 3.8) is 0 Å². The fourth-order valence-electron chi connectivity index (χ4n) is 2.13. The highest BCUT2D eigenvalue weighted by Crippen LogP contribution is 2.21. The molecule has 3 rings (SSSR count). The van der Waals surface area contributed by atoms with Crippen LogP contribution >= 0.6 is 15.9 Å². The zero-order valence-electron chi connectivity index (χ0n) is 10.8. The SMILES string of the molecule is Fc1cc(F)cc(Cn2ccnc2-c2cncc(Br)c2)c1. The lowest BCUT2D eigenvalue weighted by Gasteiger charge is -2.08. The number of benzene rings is 1. The first-order valence-corrected chi connectivity index (χ1v) is 6.98. The van der Waals surface area contributed by atoms with E-state index in [-0.39, 0.29) is 0 Å². The van der Waals surface area contributed by atoms with E-state index in [9.17, 15) is 8.78 Å². The van der Waals surface area contributed by atoms with Gasteiger partial charge < -0.3 is 4.57 Å². The van der Waals surface area contributed by atoms with Gasteiger partial charge in [0.15, 0.2) is 0 Å². The Balaban J connectivity index is 1.96. The van der Waals surface area contributed by atoms with Crippen molar-refractivity contribution in [1.29, 1.82) is 0 Å². The van der Waals surface area contributed by atoms with Crippen molar-refractivity contribution in [2.75, 3.05) is 0 Å². The average Bonchev–Trinajstić information content (AvgIpc) is 2.85. The highest BCUT2D eigenvalue weighted by Gasteiger charge is 2.09. The molecule has 0 N–H and O–H groups in total. The predicted molar refractivity (Wildman–Crippen MR) is 78.6 cm³/mol. The molecule has 0 saturated carbocycles. The molecular formula is C15H10BrF2N3. The Hall–Kier alpha value is -2.08. The number of imidazole rings is 1. The highest BCUT2D eigenvalue weighted by atomic mass is 79.9. The van der Waals surface area contributed by atoms with Gasteiger partial charge in [0.2, 0.25) is 0 Å². The molecule has 0 saturated heterocycles. The van der Waals surface area contributed by atoms with E-state index in [4.69, 9.17) is 0 Å². The van der Waals surface area contributed by atoms with E-state index in [0.717, 1.165) is 16.1 Å². The summed E-state index contributed by atoms with van der Waals surface area (Å²) in [5.74, 6) is -0.486. The number of hydrogen-bond acceptors (Lipinski definition) is 2. The molecule has 106 valence electrons.